The SMILES string of the molecule is CC(C)CN(CCC(N)=S)C(=O)c1snnc1C(C)(C)C. The summed E-state index contributed by atoms with van der Waals surface area (Å²) >= 11 is 6.07. The molecule has 0 aliphatic carbocycles. The number of nitrogens with two attached hydrogens (primary N) is 1. The molecule has 0 radical (unpaired) electrons. The Morgan fingerprint density at radius 3 is 2.52 bits per heavy atom. The van der Waals surface area contributed by atoms with Gasteiger partial charge in [-0.15, -0.1) is 5.10 Å². The minimum atomic E-state index is -0.204. The zero-order valence-electron chi connectivity index (χ0n) is 13.3. The van der Waals surface area contributed by atoms with Crippen LogP contribution in [0.15, 0.2) is 0 Å². The van der Waals surface area contributed by atoms with E-state index in [4.69, 9.17) is 18.0 Å². The van der Waals surface area contributed by atoms with Crippen LogP contribution in [-0.4, -0.2) is 38.5 Å². The van der Waals surface area contributed by atoms with Gasteiger partial charge in [0.1, 0.15) is 4.88 Å². The smallest absolute Gasteiger partial charge is 0.267 e. The molecule has 2 N–H and O–H groups in total. The van der Waals surface area contributed by atoms with Gasteiger partial charge >= 0.3 is 0 Å². The maximum atomic E-state index is 12.8. The second kappa shape index (κ2) is 7.26. The van der Waals surface area contributed by atoms with Crippen molar-refractivity contribution in [1.29, 1.82) is 0 Å². The molecule has 118 valence electrons. The second-order valence-electron chi connectivity index (χ2n) is 6.56. The summed E-state index contributed by atoms with van der Waals surface area (Å²) in [6.45, 7) is 11.5. The zero-order valence-corrected chi connectivity index (χ0v) is 15.0. The van der Waals surface area contributed by atoms with Gasteiger partial charge in [-0.3, -0.25) is 4.79 Å². The summed E-state index contributed by atoms with van der Waals surface area (Å²) in [6, 6.07) is 0. The highest BCUT2D eigenvalue weighted by Crippen LogP contribution is 2.27. The van der Waals surface area contributed by atoms with Gasteiger partial charge in [-0.25, -0.2) is 0 Å². The molecule has 0 aliphatic heterocycles. The molecule has 21 heavy (non-hydrogen) atoms. The topological polar surface area (TPSA) is 72.1 Å². The Hall–Kier alpha value is -1.08. The molecule has 0 saturated heterocycles. The number of amides is 1. The number of nitrogens with zero attached hydrogens (tertiary/aromatic N) is 3. The Balaban J connectivity index is 2.99. The summed E-state index contributed by atoms with van der Waals surface area (Å²) in [5, 5.41) is 4.14. The Bertz CT molecular complexity index is 505. The molecule has 0 unspecified atom stereocenters. The predicted molar refractivity (Wildman–Crippen MR) is 90.8 cm³/mol. The summed E-state index contributed by atoms with van der Waals surface area (Å²) in [5.74, 6) is 0.346. The Morgan fingerprint density at radius 2 is 2.05 bits per heavy atom. The van der Waals surface area contributed by atoms with E-state index >= 15 is 0 Å². The average Bonchev–Trinajstić information content (AvgIpc) is 2.81. The van der Waals surface area contributed by atoms with Crippen molar-refractivity contribution in [3.63, 3.8) is 0 Å². The number of rotatable bonds is 6. The highest BCUT2D eigenvalue weighted by molar-refractivity contribution is 7.80. The number of carbonyl (C=O) groups is 1. The molecule has 1 heterocycles. The number of aromatic nitrogens is 2. The van der Waals surface area contributed by atoms with E-state index in [1.807, 2.05) is 20.8 Å². The van der Waals surface area contributed by atoms with Crippen LogP contribution < -0.4 is 5.73 Å². The Morgan fingerprint density at radius 1 is 1.43 bits per heavy atom. The van der Waals surface area contributed by atoms with Crippen molar-refractivity contribution in [3.05, 3.63) is 10.6 Å². The number of hydrogen-bond acceptors (Lipinski definition) is 5. The Labute approximate surface area is 136 Å². The summed E-state index contributed by atoms with van der Waals surface area (Å²) in [7, 11) is 0. The Kier molecular flexibility index (Phi) is 6.22. The molecule has 0 bridgehead atoms. The van der Waals surface area contributed by atoms with Gasteiger partial charge in [0.25, 0.3) is 5.91 Å². The van der Waals surface area contributed by atoms with Crippen molar-refractivity contribution >= 4 is 34.6 Å². The molecule has 1 aromatic rings. The molecule has 0 fully saturated rings. The normalized spacial score (nSPS) is 11.7. The molecule has 1 aromatic heterocycles. The first-order chi connectivity index (χ1) is 9.62. The summed E-state index contributed by atoms with van der Waals surface area (Å²) in [6.07, 6.45) is 0.533. The molecular weight excluding hydrogens is 304 g/mol. The van der Waals surface area contributed by atoms with Gasteiger partial charge in [-0.1, -0.05) is 51.3 Å². The number of carbonyl (C=O) groups excluding carboxylic acids is 1. The summed E-state index contributed by atoms with van der Waals surface area (Å²) in [4.78, 5) is 15.6. The van der Waals surface area contributed by atoms with E-state index in [0.717, 1.165) is 17.2 Å². The third-order valence-electron chi connectivity index (χ3n) is 2.89. The lowest BCUT2D eigenvalue weighted by Crippen LogP contribution is -2.37. The fourth-order valence-electron chi connectivity index (χ4n) is 1.93. The lowest BCUT2D eigenvalue weighted by Gasteiger charge is -2.25. The molecule has 1 amide bonds. The van der Waals surface area contributed by atoms with Crippen molar-refractivity contribution in [2.75, 3.05) is 13.1 Å². The minimum Gasteiger partial charge on any atom is -0.393 e. The van der Waals surface area contributed by atoms with E-state index in [1.165, 1.54) is 0 Å². The van der Waals surface area contributed by atoms with Crippen LogP contribution in [0.5, 0.6) is 0 Å². The van der Waals surface area contributed by atoms with Crippen LogP contribution >= 0.6 is 23.8 Å². The van der Waals surface area contributed by atoms with Crippen molar-refractivity contribution in [3.8, 4) is 0 Å². The molecule has 0 aromatic carbocycles. The van der Waals surface area contributed by atoms with Crippen LogP contribution in [0.3, 0.4) is 0 Å². The maximum Gasteiger partial charge on any atom is 0.267 e. The molecule has 1 rings (SSSR count). The molecule has 0 aliphatic rings. The molecule has 5 nitrogen and oxygen atoms in total. The third kappa shape index (κ3) is 5.32. The summed E-state index contributed by atoms with van der Waals surface area (Å²) in [5.41, 5.74) is 6.11. The monoisotopic (exact) mass is 328 g/mol. The zero-order chi connectivity index (χ0) is 16.2. The van der Waals surface area contributed by atoms with Crippen molar-refractivity contribution in [1.82, 2.24) is 14.5 Å². The van der Waals surface area contributed by atoms with Crippen LogP contribution in [0.1, 0.15) is 56.4 Å². The molecular formula is C14H24N4OS2. The highest BCUT2D eigenvalue weighted by Gasteiger charge is 2.29. The number of hydrogen-bond donors (Lipinski definition) is 1. The van der Waals surface area contributed by atoms with E-state index in [9.17, 15) is 4.79 Å². The second-order valence-corrected chi connectivity index (χ2v) is 7.84. The van der Waals surface area contributed by atoms with Crippen molar-refractivity contribution < 1.29 is 4.79 Å². The van der Waals surface area contributed by atoms with Gasteiger partial charge in [-0.05, 0) is 17.5 Å². The van der Waals surface area contributed by atoms with E-state index in [2.05, 4.69) is 23.4 Å². The van der Waals surface area contributed by atoms with Gasteiger partial charge in [0.05, 0.1) is 10.7 Å². The largest absolute Gasteiger partial charge is 0.393 e. The van der Waals surface area contributed by atoms with Gasteiger partial charge in [0, 0.05) is 24.9 Å². The van der Waals surface area contributed by atoms with Crippen LogP contribution in [0, 0.1) is 5.92 Å². The van der Waals surface area contributed by atoms with Gasteiger partial charge < -0.3 is 10.6 Å². The number of thiocarbonyl (C=S) groups is 1. The lowest BCUT2D eigenvalue weighted by molar-refractivity contribution is 0.0743. The third-order valence-corrected chi connectivity index (χ3v) is 3.81. The van der Waals surface area contributed by atoms with Crippen LogP contribution in [-0.2, 0) is 5.41 Å². The molecule has 7 heteroatoms. The molecule has 0 saturated carbocycles. The molecule has 0 spiro atoms. The van der Waals surface area contributed by atoms with Gasteiger partial charge in [0.2, 0.25) is 0 Å². The van der Waals surface area contributed by atoms with E-state index < -0.39 is 0 Å². The minimum absolute atomic E-state index is 0.0279. The quantitative estimate of drug-likeness (QED) is 0.813. The van der Waals surface area contributed by atoms with Crippen molar-refractivity contribution in [2.45, 2.75) is 46.5 Å². The summed E-state index contributed by atoms with van der Waals surface area (Å²) < 4.78 is 3.96. The van der Waals surface area contributed by atoms with E-state index in [0.29, 0.717) is 35.3 Å². The lowest BCUT2D eigenvalue weighted by atomic mass is 9.91. The molecule has 0 atom stereocenters. The van der Waals surface area contributed by atoms with Crippen LogP contribution in [0.4, 0.5) is 0 Å². The van der Waals surface area contributed by atoms with E-state index in [-0.39, 0.29) is 11.3 Å². The average molecular weight is 329 g/mol. The highest BCUT2D eigenvalue weighted by atomic mass is 32.1. The van der Waals surface area contributed by atoms with Crippen molar-refractivity contribution in [2.24, 2.45) is 11.7 Å². The first kappa shape index (κ1) is 18.0. The fraction of sp³-hybridized carbons (Fsp3) is 0.714. The van der Waals surface area contributed by atoms with Gasteiger partial charge in [-0.2, -0.15) is 0 Å². The van der Waals surface area contributed by atoms with Crippen LogP contribution in [0.25, 0.3) is 0 Å². The first-order valence-electron chi connectivity index (χ1n) is 7.03. The van der Waals surface area contributed by atoms with Gasteiger partial charge in [0.15, 0.2) is 0 Å². The fourth-order valence-corrected chi connectivity index (χ4v) is 2.86. The van der Waals surface area contributed by atoms with E-state index in [1.54, 1.807) is 4.90 Å². The van der Waals surface area contributed by atoms with Crippen LogP contribution in [0.2, 0.25) is 0 Å². The maximum absolute atomic E-state index is 12.8. The first-order valence-corrected chi connectivity index (χ1v) is 8.21. The predicted octanol–water partition coefficient (Wildman–Crippen LogP) is 2.61. The standard InChI is InChI=1S/C14H24N4OS2/c1-9(2)8-18(7-6-10(15)20)13(19)11-12(14(3,4)5)16-17-21-11/h9H,6-8H2,1-5H3,(H2,15,20).